The van der Waals surface area contributed by atoms with Crippen LogP contribution in [0.1, 0.15) is 11.3 Å². The molecule has 146 valence electrons. The van der Waals surface area contributed by atoms with Crippen LogP contribution >= 0.6 is 23.2 Å². The van der Waals surface area contributed by atoms with Crippen LogP contribution < -0.4 is 19.9 Å². The first kappa shape index (κ1) is 20.1. The number of hydrogen-bond donors (Lipinski definition) is 1. The molecule has 3 aromatic rings. The number of aromatic nitrogens is 1. The second-order valence-electron chi connectivity index (χ2n) is 6.06. The molecule has 7 heteroatoms. The molecule has 5 nitrogen and oxygen atoms in total. The van der Waals surface area contributed by atoms with Crippen molar-refractivity contribution < 1.29 is 14.2 Å². The fourth-order valence-corrected chi connectivity index (χ4v) is 3.25. The van der Waals surface area contributed by atoms with Crippen LogP contribution in [0.4, 0.5) is 5.69 Å². The summed E-state index contributed by atoms with van der Waals surface area (Å²) < 4.78 is 17.1. The summed E-state index contributed by atoms with van der Waals surface area (Å²) in [6.07, 6.45) is 0.544. The van der Waals surface area contributed by atoms with Crippen LogP contribution in [0.2, 0.25) is 10.0 Å². The molecule has 0 saturated heterocycles. The zero-order valence-electron chi connectivity index (χ0n) is 15.5. The van der Waals surface area contributed by atoms with Crippen molar-refractivity contribution in [1.82, 2.24) is 4.98 Å². The number of nitrogens with zero attached hydrogens (tertiary/aromatic N) is 1. The molecule has 0 aliphatic heterocycles. The van der Waals surface area contributed by atoms with Gasteiger partial charge in [-0.05, 0) is 31.2 Å². The number of methoxy groups -OCH3 is 1. The summed E-state index contributed by atoms with van der Waals surface area (Å²) in [5.41, 5.74) is 7.91. The number of benzene rings is 2. The summed E-state index contributed by atoms with van der Waals surface area (Å²) in [6, 6.07) is 14.6. The zero-order valence-corrected chi connectivity index (χ0v) is 17.1. The summed E-state index contributed by atoms with van der Waals surface area (Å²) >= 11 is 12.6. The minimum Gasteiger partial charge on any atom is -0.493 e. The molecule has 0 amide bonds. The SMILES string of the molecule is COc1nc(C)c(CCOc2ccccc2)c(Oc2cc(N)cc(Cl)c2)c1Cl. The van der Waals surface area contributed by atoms with Crippen molar-refractivity contribution >= 4 is 28.9 Å². The highest BCUT2D eigenvalue weighted by Gasteiger charge is 2.20. The lowest BCUT2D eigenvalue weighted by molar-refractivity contribution is 0.318. The van der Waals surface area contributed by atoms with Crippen molar-refractivity contribution in [3.8, 4) is 23.1 Å². The molecule has 0 bridgehead atoms. The lowest BCUT2D eigenvalue weighted by atomic mass is 10.1. The van der Waals surface area contributed by atoms with E-state index in [-0.39, 0.29) is 10.9 Å². The Balaban J connectivity index is 1.90. The maximum atomic E-state index is 6.49. The predicted molar refractivity (Wildman–Crippen MR) is 112 cm³/mol. The number of nitrogen functional groups attached to an aromatic ring is 1. The molecule has 0 unspecified atom stereocenters. The van der Waals surface area contributed by atoms with Gasteiger partial charge in [0, 0.05) is 34.5 Å². The molecule has 0 saturated carbocycles. The Labute approximate surface area is 174 Å². The molecule has 0 spiro atoms. The number of hydrogen-bond acceptors (Lipinski definition) is 5. The van der Waals surface area contributed by atoms with Crippen molar-refractivity contribution in [2.45, 2.75) is 13.3 Å². The van der Waals surface area contributed by atoms with Crippen LogP contribution in [0.25, 0.3) is 0 Å². The largest absolute Gasteiger partial charge is 0.493 e. The molecule has 1 aromatic heterocycles. The van der Waals surface area contributed by atoms with Gasteiger partial charge in [-0.3, -0.25) is 0 Å². The number of nitrogens with two attached hydrogens (primary N) is 1. The average Bonchev–Trinajstić information content (AvgIpc) is 2.66. The fourth-order valence-electron chi connectivity index (χ4n) is 2.75. The van der Waals surface area contributed by atoms with E-state index in [1.165, 1.54) is 7.11 Å². The van der Waals surface area contributed by atoms with Crippen molar-refractivity contribution in [1.29, 1.82) is 0 Å². The molecule has 28 heavy (non-hydrogen) atoms. The number of ether oxygens (including phenoxy) is 3. The lowest BCUT2D eigenvalue weighted by Gasteiger charge is -2.17. The third-order valence-corrected chi connectivity index (χ3v) is 4.59. The molecule has 1 heterocycles. The first-order valence-electron chi connectivity index (χ1n) is 8.62. The van der Waals surface area contributed by atoms with Gasteiger partial charge in [0.15, 0.2) is 5.75 Å². The number of rotatable bonds is 7. The lowest BCUT2D eigenvalue weighted by Crippen LogP contribution is -2.07. The van der Waals surface area contributed by atoms with E-state index in [0.717, 1.165) is 17.0 Å². The highest BCUT2D eigenvalue weighted by molar-refractivity contribution is 6.33. The first-order chi connectivity index (χ1) is 13.5. The summed E-state index contributed by atoms with van der Waals surface area (Å²) in [6.45, 7) is 2.30. The number of halogens is 2. The van der Waals surface area contributed by atoms with E-state index in [4.69, 9.17) is 43.1 Å². The predicted octanol–water partition coefficient (Wildman–Crippen LogP) is 5.70. The monoisotopic (exact) mass is 418 g/mol. The van der Waals surface area contributed by atoms with Crippen LogP contribution in [0, 0.1) is 6.92 Å². The smallest absolute Gasteiger partial charge is 0.236 e. The summed E-state index contributed by atoms with van der Waals surface area (Å²) in [4.78, 5) is 4.41. The highest BCUT2D eigenvalue weighted by atomic mass is 35.5. The van der Waals surface area contributed by atoms with Gasteiger partial charge in [0.2, 0.25) is 5.88 Å². The van der Waals surface area contributed by atoms with Crippen molar-refractivity contribution in [2.75, 3.05) is 19.5 Å². The van der Waals surface area contributed by atoms with Crippen LogP contribution in [0.15, 0.2) is 48.5 Å². The molecule has 2 N–H and O–H groups in total. The quantitative estimate of drug-likeness (QED) is 0.498. The number of pyridine rings is 1. The van der Waals surface area contributed by atoms with Gasteiger partial charge in [-0.25, -0.2) is 4.98 Å². The van der Waals surface area contributed by atoms with E-state index in [2.05, 4.69) is 4.98 Å². The Morgan fingerprint density at radius 2 is 1.79 bits per heavy atom. The third-order valence-electron chi connectivity index (χ3n) is 4.04. The van der Waals surface area contributed by atoms with E-state index < -0.39 is 0 Å². The molecule has 0 aliphatic carbocycles. The molecule has 0 fully saturated rings. The fraction of sp³-hybridized carbons (Fsp3) is 0.190. The van der Waals surface area contributed by atoms with Gasteiger partial charge in [0.25, 0.3) is 0 Å². The van der Waals surface area contributed by atoms with Gasteiger partial charge in [-0.15, -0.1) is 0 Å². The number of anilines is 1. The molecule has 0 radical (unpaired) electrons. The van der Waals surface area contributed by atoms with Crippen LogP contribution in [0.5, 0.6) is 23.1 Å². The van der Waals surface area contributed by atoms with Crippen molar-refractivity contribution in [3.05, 3.63) is 69.8 Å². The second kappa shape index (κ2) is 9.04. The Bertz CT molecular complexity index is 945. The standard InChI is InChI=1S/C21H20Cl2N2O3/c1-13-18(8-9-27-16-6-4-3-5-7-16)20(19(23)21(25-13)26-2)28-17-11-14(22)10-15(24)12-17/h3-7,10-12H,8-9,24H2,1-2H3. The molecule has 0 aliphatic rings. The van der Waals surface area contributed by atoms with E-state index in [9.17, 15) is 0 Å². The van der Waals surface area contributed by atoms with Gasteiger partial charge < -0.3 is 19.9 Å². The third kappa shape index (κ3) is 4.80. The van der Waals surface area contributed by atoms with Gasteiger partial charge in [-0.2, -0.15) is 0 Å². The van der Waals surface area contributed by atoms with Gasteiger partial charge in [0.1, 0.15) is 16.5 Å². The molecular weight excluding hydrogens is 399 g/mol. The minimum absolute atomic E-state index is 0.279. The van der Waals surface area contributed by atoms with Gasteiger partial charge in [-0.1, -0.05) is 41.4 Å². The van der Waals surface area contributed by atoms with E-state index in [1.54, 1.807) is 18.2 Å². The van der Waals surface area contributed by atoms with Gasteiger partial charge >= 0.3 is 0 Å². The minimum atomic E-state index is 0.279. The van der Waals surface area contributed by atoms with Crippen LogP contribution in [0.3, 0.4) is 0 Å². The first-order valence-corrected chi connectivity index (χ1v) is 9.38. The molecule has 3 rings (SSSR count). The summed E-state index contributed by atoms with van der Waals surface area (Å²) in [5.74, 6) is 2.00. The molecule has 2 aromatic carbocycles. The van der Waals surface area contributed by atoms with Crippen molar-refractivity contribution in [3.63, 3.8) is 0 Å². The highest BCUT2D eigenvalue weighted by Crippen LogP contribution is 2.40. The van der Waals surface area contributed by atoms with E-state index in [1.807, 2.05) is 37.3 Å². The number of aryl methyl sites for hydroxylation is 1. The summed E-state index contributed by atoms with van der Waals surface area (Å²) in [7, 11) is 1.51. The Morgan fingerprint density at radius 1 is 1.04 bits per heavy atom. The zero-order chi connectivity index (χ0) is 20.1. The molecular formula is C21H20Cl2N2O3. The Morgan fingerprint density at radius 3 is 2.46 bits per heavy atom. The Hall–Kier alpha value is -2.63. The van der Waals surface area contributed by atoms with Crippen LogP contribution in [-0.4, -0.2) is 18.7 Å². The maximum Gasteiger partial charge on any atom is 0.236 e. The van der Waals surface area contributed by atoms with E-state index in [0.29, 0.717) is 35.2 Å². The summed E-state index contributed by atoms with van der Waals surface area (Å²) in [5, 5.41) is 0.749. The Kier molecular flexibility index (Phi) is 6.49. The van der Waals surface area contributed by atoms with Gasteiger partial charge in [0.05, 0.1) is 13.7 Å². The number of para-hydroxylation sites is 1. The average molecular weight is 419 g/mol. The normalized spacial score (nSPS) is 10.6. The van der Waals surface area contributed by atoms with Crippen LogP contribution in [-0.2, 0) is 6.42 Å². The topological polar surface area (TPSA) is 66.6 Å². The maximum absolute atomic E-state index is 6.49. The van der Waals surface area contributed by atoms with E-state index >= 15 is 0 Å². The molecule has 0 atom stereocenters. The second-order valence-corrected chi connectivity index (χ2v) is 6.88. The van der Waals surface area contributed by atoms with Crippen molar-refractivity contribution in [2.24, 2.45) is 0 Å².